The van der Waals surface area contributed by atoms with Crippen LogP contribution in [0.3, 0.4) is 0 Å². The smallest absolute Gasteiger partial charge is 0.306 e. The van der Waals surface area contributed by atoms with Gasteiger partial charge in [0.15, 0.2) is 6.10 Å². The Kier molecular flexibility index (Phi) is 46.8. The van der Waals surface area contributed by atoms with Gasteiger partial charge in [0, 0.05) is 19.3 Å². The van der Waals surface area contributed by atoms with Crippen molar-refractivity contribution in [2.24, 2.45) is 0 Å². The monoisotopic (exact) mass is 831 g/mol. The number of rotatable bonds is 47. The van der Waals surface area contributed by atoms with Gasteiger partial charge in [-0.3, -0.25) is 14.4 Å². The zero-order valence-corrected chi connectivity index (χ0v) is 39.5. The molecule has 1 unspecified atom stereocenters. The molecule has 0 heterocycles. The van der Waals surface area contributed by atoms with Crippen LogP contribution < -0.4 is 0 Å². The Morgan fingerprint density at radius 1 is 0.322 bits per heavy atom. The van der Waals surface area contributed by atoms with Crippen LogP contribution in [0.25, 0.3) is 0 Å². The van der Waals surface area contributed by atoms with E-state index in [9.17, 15) is 14.4 Å². The molecule has 6 nitrogen and oxygen atoms in total. The fraction of sp³-hybridized carbons (Fsp3) is 0.868. The van der Waals surface area contributed by atoms with Gasteiger partial charge in [0.1, 0.15) is 13.2 Å². The van der Waals surface area contributed by atoms with Crippen molar-refractivity contribution in [3.63, 3.8) is 0 Å². The highest BCUT2D eigenvalue weighted by molar-refractivity contribution is 5.71. The van der Waals surface area contributed by atoms with Gasteiger partial charge in [-0.25, -0.2) is 0 Å². The summed E-state index contributed by atoms with van der Waals surface area (Å²) in [6.45, 7) is 6.59. The van der Waals surface area contributed by atoms with Crippen molar-refractivity contribution in [3.05, 3.63) is 24.3 Å². The van der Waals surface area contributed by atoms with Crippen molar-refractivity contribution < 1.29 is 28.6 Å². The molecule has 0 spiro atoms. The molecule has 0 saturated heterocycles. The second-order valence-corrected chi connectivity index (χ2v) is 17.4. The molecule has 0 fully saturated rings. The molecule has 0 aromatic rings. The quantitative estimate of drug-likeness (QED) is 0.0263. The molecule has 0 aromatic heterocycles. The van der Waals surface area contributed by atoms with E-state index >= 15 is 0 Å². The third kappa shape index (κ3) is 46.8. The minimum absolute atomic E-state index is 0.0773. The number of esters is 3. The average molecular weight is 831 g/mol. The summed E-state index contributed by atoms with van der Waals surface area (Å²) in [7, 11) is 0. The maximum absolute atomic E-state index is 12.7. The first-order valence-corrected chi connectivity index (χ1v) is 25.8. The summed E-state index contributed by atoms with van der Waals surface area (Å²) in [5.74, 6) is -0.897. The van der Waals surface area contributed by atoms with Crippen LogP contribution in [0.2, 0.25) is 0 Å². The molecule has 0 N–H and O–H groups in total. The number of hydrogen-bond donors (Lipinski definition) is 0. The standard InChI is InChI=1S/C53H98O6/c1-4-7-10-13-16-19-22-24-25-26-27-28-30-31-34-37-40-43-46-52(55)58-49-50(48-57-51(54)45-42-39-36-33-21-18-15-12-9-6-3)59-53(56)47-44-41-38-35-32-29-23-20-17-14-11-8-5-2/h15,18,29,32,50H,4-14,16-17,19-28,30-31,33-49H2,1-3H3/b18-15-,32-29-. The zero-order chi connectivity index (χ0) is 43.0. The van der Waals surface area contributed by atoms with Gasteiger partial charge in [-0.1, -0.05) is 218 Å². The first kappa shape index (κ1) is 56.9. The van der Waals surface area contributed by atoms with Crippen molar-refractivity contribution in [1.29, 1.82) is 0 Å². The van der Waals surface area contributed by atoms with Crippen molar-refractivity contribution in [2.75, 3.05) is 13.2 Å². The Labute approximate surface area is 366 Å². The van der Waals surface area contributed by atoms with E-state index in [1.165, 1.54) is 148 Å². The molecule has 6 heteroatoms. The topological polar surface area (TPSA) is 78.9 Å². The van der Waals surface area contributed by atoms with Gasteiger partial charge in [0.2, 0.25) is 0 Å². The normalized spacial score (nSPS) is 12.1. The highest BCUT2D eigenvalue weighted by Gasteiger charge is 2.19. The summed E-state index contributed by atoms with van der Waals surface area (Å²) >= 11 is 0. The second kappa shape index (κ2) is 48.6. The molecule has 0 aliphatic rings. The van der Waals surface area contributed by atoms with Gasteiger partial charge >= 0.3 is 17.9 Å². The van der Waals surface area contributed by atoms with Gasteiger partial charge in [0.05, 0.1) is 0 Å². The molecule has 346 valence electrons. The van der Waals surface area contributed by atoms with E-state index < -0.39 is 6.10 Å². The minimum atomic E-state index is -0.778. The van der Waals surface area contributed by atoms with Gasteiger partial charge in [0.25, 0.3) is 0 Å². The van der Waals surface area contributed by atoms with E-state index in [2.05, 4.69) is 45.1 Å². The van der Waals surface area contributed by atoms with Crippen molar-refractivity contribution >= 4 is 17.9 Å². The van der Waals surface area contributed by atoms with Gasteiger partial charge < -0.3 is 14.2 Å². The lowest BCUT2D eigenvalue weighted by atomic mass is 10.0. The van der Waals surface area contributed by atoms with E-state index in [4.69, 9.17) is 14.2 Å². The first-order chi connectivity index (χ1) is 29.0. The largest absolute Gasteiger partial charge is 0.462 e. The Balaban J connectivity index is 4.29. The molecule has 0 rings (SSSR count). The van der Waals surface area contributed by atoms with E-state index in [1.807, 2.05) is 0 Å². The van der Waals surface area contributed by atoms with Crippen LogP contribution in [0, 0.1) is 0 Å². The predicted molar refractivity (Wildman–Crippen MR) is 252 cm³/mol. The molecule has 0 radical (unpaired) electrons. The number of ether oxygens (including phenoxy) is 3. The molecule has 0 amide bonds. The Bertz CT molecular complexity index is 958. The molecule has 0 aliphatic heterocycles. The summed E-state index contributed by atoms with van der Waals surface area (Å²) in [6, 6.07) is 0. The highest BCUT2D eigenvalue weighted by atomic mass is 16.6. The molecular formula is C53H98O6. The Morgan fingerprint density at radius 3 is 0.915 bits per heavy atom. The SMILES string of the molecule is CCCC/C=C\CCCCCCC(=O)OCC(COC(=O)CCCCCCCCCCCCCCCCCCCC)OC(=O)CCCCC/C=C\CCCCCCCC. The Morgan fingerprint density at radius 2 is 0.576 bits per heavy atom. The fourth-order valence-electron chi connectivity index (χ4n) is 7.48. The third-order valence-corrected chi connectivity index (χ3v) is 11.4. The van der Waals surface area contributed by atoms with Crippen molar-refractivity contribution in [3.8, 4) is 0 Å². The van der Waals surface area contributed by atoms with Gasteiger partial charge in [-0.15, -0.1) is 0 Å². The lowest BCUT2D eigenvalue weighted by Gasteiger charge is -2.18. The van der Waals surface area contributed by atoms with Crippen LogP contribution in [-0.4, -0.2) is 37.2 Å². The summed E-state index contributed by atoms with van der Waals surface area (Å²) in [4.78, 5) is 37.9. The van der Waals surface area contributed by atoms with Crippen LogP contribution in [-0.2, 0) is 28.6 Å². The number of allylic oxidation sites excluding steroid dienone is 4. The second-order valence-electron chi connectivity index (χ2n) is 17.4. The van der Waals surface area contributed by atoms with E-state index in [1.54, 1.807) is 0 Å². The lowest BCUT2D eigenvalue weighted by molar-refractivity contribution is -0.167. The third-order valence-electron chi connectivity index (χ3n) is 11.4. The minimum Gasteiger partial charge on any atom is -0.462 e. The molecule has 0 aromatic carbocycles. The molecule has 0 bridgehead atoms. The summed E-state index contributed by atoms with van der Waals surface area (Å²) in [5, 5.41) is 0. The molecule has 0 saturated carbocycles. The fourth-order valence-corrected chi connectivity index (χ4v) is 7.48. The number of unbranched alkanes of at least 4 members (excludes halogenated alkanes) is 32. The number of carbonyl (C=O) groups excluding carboxylic acids is 3. The Hall–Kier alpha value is -2.11. The zero-order valence-electron chi connectivity index (χ0n) is 39.5. The van der Waals surface area contributed by atoms with Crippen LogP contribution in [0.5, 0.6) is 0 Å². The van der Waals surface area contributed by atoms with Crippen molar-refractivity contribution in [2.45, 2.75) is 284 Å². The maximum atomic E-state index is 12.7. The van der Waals surface area contributed by atoms with Gasteiger partial charge in [-0.05, 0) is 64.2 Å². The maximum Gasteiger partial charge on any atom is 0.306 e. The first-order valence-electron chi connectivity index (χ1n) is 25.8. The molecular weight excluding hydrogens is 733 g/mol. The summed E-state index contributed by atoms with van der Waals surface area (Å²) in [5.41, 5.74) is 0. The van der Waals surface area contributed by atoms with Crippen LogP contribution >= 0.6 is 0 Å². The van der Waals surface area contributed by atoms with E-state index in [0.29, 0.717) is 19.3 Å². The van der Waals surface area contributed by atoms with Crippen LogP contribution in [0.4, 0.5) is 0 Å². The van der Waals surface area contributed by atoms with E-state index in [0.717, 1.165) is 89.9 Å². The van der Waals surface area contributed by atoms with E-state index in [-0.39, 0.29) is 31.1 Å². The molecule has 59 heavy (non-hydrogen) atoms. The van der Waals surface area contributed by atoms with Gasteiger partial charge in [-0.2, -0.15) is 0 Å². The molecule has 1 atom stereocenters. The summed E-state index contributed by atoms with van der Waals surface area (Å²) < 4.78 is 16.7. The average Bonchev–Trinajstić information content (AvgIpc) is 3.23. The lowest BCUT2D eigenvalue weighted by Crippen LogP contribution is -2.30. The number of hydrogen-bond acceptors (Lipinski definition) is 6. The molecule has 0 aliphatic carbocycles. The van der Waals surface area contributed by atoms with Crippen molar-refractivity contribution in [1.82, 2.24) is 0 Å². The van der Waals surface area contributed by atoms with Crippen LogP contribution in [0.1, 0.15) is 278 Å². The number of carbonyl (C=O) groups is 3. The highest BCUT2D eigenvalue weighted by Crippen LogP contribution is 2.16. The van der Waals surface area contributed by atoms with Crippen LogP contribution in [0.15, 0.2) is 24.3 Å². The predicted octanol–water partition coefficient (Wildman–Crippen LogP) is 16.8. The summed E-state index contributed by atoms with van der Waals surface area (Å²) in [6.07, 6.45) is 54.5.